The van der Waals surface area contributed by atoms with Crippen molar-refractivity contribution in [2.75, 3.05) is 13.2 Å². The van der Waals surface area contributed by atoms with Crippen molar-refractivity contribution in [3.63, 3.8) is 0 Å². The van der Waals surface area contributed by atoms with Gasteiger partial charge in [0.05, 0.1) is 13.2 Å². The molecule has 0 aliphatic carbocycles. The van der Waals surface area contributed by atoms with Crippen LogP contribution in [0.1, 0.15) is 48.0 Å². The molecule has 0 spiro atoms. The number of carbonyl (C=O) groups is 3. The molecule has 0 bridgehead atoms. The molecule has 0 aromatic carbocycles. The fraction of sp³-hybridized carbons (Fsp3) is 0.579. The molecule has 0 heterocycles. The Bertz CT molecular complexity index is 545. The van der Waals surface area contributed by atoms with Crippen LogP contribution in [-0.4, -0.2) is 36.6 Å². The van der Waals surface area contributed by atoms with Crippen molar-refractivity contribution in [2.24, 2.45) is 5.41 Å². The van der Waals surface area contributed by atoms with E-state index in [0.717, 1.165) is 0 Å². The second-order valence-corrected chi connectivity index (χ2v) is 6.50. The molecule has 0 aliphatic heterocycles. The number of amides is 1. The van der Waals surface area contributed by atoms with Crippen molar-refractivity contribution in [1.29, 1.82) is 0 Å². The quantitative estimate of drug-likeness (QED) is 0.315. The van der Waals surface area contributed by atoms with Crippen molar-refractivity contribution in [1.82, 2.24) is 5.32 Å². The zero-order valence-corrected chi connectivity index (χ0v) is 16.0. The molecule has 140 valence electrons. The lowest BCUT2D eigenvalue weighted by molar-refractivity contribution is -0.167. The second kappa shape index (κ2) is 10.5. The monoisotopic (exact) mass is 351 g/mol. The highest BCUT2D eigenvalue weighted by atomic mass is 16.6. The maximum atomic E-state index is 12.4. The normalized spacial score (nSPS) is 11.4. The Labute approximate surface area is 150 Å². The van der Waals surface area contributed by atoms with Gasteiger partial charge in [0.15, 0.2) is 0 Å². The van der Waals surface area contributed by atoms with E-state index < -0.39 is 23.4 Å². The summed E-state index contributed by atoms with van der Waals surface area (Å²) in [6.45, 7) is 10.8. The Morgan fingerprint density at radius 2 is 1.56 bits per heavy atom. The van der Waals surface area contributed by atoms with Gasteiger partial charge in [-0.25, -0.2) is 9.59 Å². The Kier molecular flexibility index (Phi) is 9.54. The molecule has 0 fully saturated rings. The summed E-state index contributed by atoms with van der Waals surface area (Å²) >= 11 is 0. The van der Waals surface area contributed by atoms with E-state index in [1.165, 1.54) is 6.92 Å². The number of hydrogen-bond donors (Lipinski definition) is 1. The van der Waals surface area contributed by atoms with Crippen LogP contribution in [0.15, 0.2) is 30.0 Å². The largest absolute Gasteiger partial charge is 0.464 e. The van der Waals surface area contributed by atoms with Crippen molar-refractivity contribution < 1.29 is 23.9 Å². The summed E-state index contributed by atoms with van der Waals surface area (Å²) in [5.74, 6) is -2.22. The van der Waals surface area contributed by atoms with Gasteiger partial charge < -0.3 is 14.8 Å². The number of ether oxygens (including phenoxy) is 2. The molecule has 0 radical (unpaired) electrons. The smallest absolute Gasteiger partial charge is 0.344 e. The minimum Gasteiger partial charge on any atom is -0.464 e. The second-order valence-electron chi connectivity index (χ2n) is 6.50. The van der Waals surface area contributed by atoms with Crippen molar-refractivity contribution >= 4 is 17.8 Å². The van der Waals surface area contributed by atoms with E-state index >= 15 is 0 Å². The van der Waals surface area contributed by atoms with Gasteiger partial charge in [-0.05, 0) is 31.4 Å². The first kappa shape index (κ1) is 22.7. The average molecular weight is 351 g/mol. The summed E-state index contributed by atoms with van der Waals surface area (Å²) in [5.41, 5.74) is 1.11. The van der Waals surface area contributed by atoms with E-state index in [9.17, 15) is 14.4 Å². The summed E-state index contributed by atoms with van der Waals surface area (Å²) in [6, 6.07) is 0. The number of rotatable bonds is 8. The van der Waals surface area contributed by atoms with Gasteiger partial charge in [0.25, 0.3) is 0 Å². The molecular formula is C19H29NO5. The minimum absolute atomic E-state index is 0.000146. The number of hydrogen-bond acceptors (Lipinski definition) is 5. The lowest BCUT2D eigenvalue weighted by Crippen LogP contribution is -2.60. The zero-order valence-electron chi connectivity index (χ0n) is 16.0. The summed E-state index contributed by atoms with van der Waals surface area (Å²) in [7, 11) is 0. The van der Waals surface area contributed by atoms with Gasteiger partial charge in [-0.1, -0.05) is 32.9 Å². The molecule has 0 atom stereocenters. The predicted octanol–water partition coefficient (Wildman–Crippen LogP) is 2.69. The van der Waals surface area contributed by atoms with Gasteiger partial charge in [-0.3, -0.25) is 4.79 Å². The van der Waals surface area contributed by atoms with Gasteiger partial charge in [0.1, 0.15) is 0 Å². The Morgan fingerprint density at radius 3 is 1.96 bits per heavy atom. The number of carbonyl (C=O) groups excluding carboxylic acids is 3. The molecular weight excluding hydrogens is 322 g/mol. The van der Waals surface area contributed by atoms with E-state index in [1.54, 1.807) is 32.1 Å². The maximum absolute atomic E-state index is 12.4. The number of allylic oxidation sites excluding steroid dienone is 2. The lowest BCUT2D eigenvalue weighted by Gasteiger charge is -2.28. The zero-order chi connectivity index (χ0) is 19.5. The van der Waals surface area contributed by atoms with Crippen LogP contribution in [0.4, 0.5) is 0 Å². The van der Waals surface area contributed by atoms with Gasteiger partial charge >= 0.3 is 11.9 Å². The van der Waals surface area contributed by atoms with E-state index in [-0.39, 0.29) is 25.0 Å². The Morgan fingerprint density at radius 1 is 1.04 bits per heavy atom. The van der Waals surface area contributed by atoms with Gasteiger partial charge in [0.2, 0.25) is 11.4 Å². The highest BCUT2D eigenvalue weighted by Crippen LogP contribution is 2.18. The van der Waals surface area contributed by atoms with Crippen LogP contribution in [0, 0.1) is 5.41 Å². The SMILES string of the molecule is CCOC(=O)C(C/C=C/C=C=CC(C)(C)C)(NC(C)=O)C(=O)OCC. The Hall–Kier alpha value is -2.33. The molecule has 0 saturated heterocycles. The highest BCUT2D eigenvalue weighted by Gasteiger charge is 2.49. The summed E-state index contributed by atoms with van der Waals surface area (Å²) < 4.78 is 9.96. The van der Waals surface area contributed by atoms with E-state index in [0.29, 0.717) is 0 Å². The molecule has 1 amide bonds. The third-order valence-corrected chi connectivity index (χ3v) is 2.91. The van der Waals surface area contributed by atoms with Gasteiger partial charge in [0, 0.05) is 13.3 Å². The van der Waals surface area contributed by atoms with Gasteiger partial charge in [-0.2, -0.15) is 0 Å². The molecule has 0 aliphatic rings. The van der Waals surface area contributed by atoms with Crippen molar-refractivity contribution in [3.05, 3.63) is 30.0 Å². The Balaban J connectivity index is 5.54. The van der Waals surface area contributed by atoms with Gasteiger partial charge in [-0.15, -0.1) is 5.73 Å². The molecule has 0 rings (SSSR count). The van der Waals surface area contributed by atoms with Crippen molar-refractivity contribution in [2.45, 2.75) is 53.5 Å². The predicted molar refractivity (Wildman–Crippen MR) is 95.7 cm³/mol. The third kappa shape index (κ3) is 8.36. The van der Waals surface area contributed by atoms with Crippen LogP contribution in [0.3, 0.4) is 0 Å². The molecule has 6 nitrogen and oxygen atoms in total. The molecule has 0 unspecified atom stereocenters. The molecule has 25 heavy (non-hydrogen) atoms. The lowest BCUT2D eigenvalue weighted by atomic mass is 9.94. The van der Waals surface area contributed by atoms with Crippen LogP contribution >= 0.6 is 0 Å². The van der Waals surface area contributed by atoms with Crippen LogP contribution in [-0.2, 0) is 23.9 Å². The summed E-state index contributed by atoms with van der Waals surface area (Å²) in [5, 5.41) is 2.40. The molecule has 6 heteroatoms. The summed E-state index contributed by atoms with van der Waals surface area (Å²) in [4.78, 5) is 36.3. The molecule has 0 aromatic heterocycles. The fourth-order valence-corrected chi connectivity index (χ4v) is 1.88. The summed E-state index contributed by atoms with van der Waals surface area (Å²) in [6.07, 6.45) is 6.72. The molecule has 1 N–H and O–H groups in total. The van der Waals surface area contributed by atoms with Crippen LogP contribution in [0.5, 0.6) is 0 Å². The molecule has 0 aromatic rings. The molecule has 0 saturated carbocycles. The van der Waals surface area contributed by atoms with Crippen LogP contribution < -0.4 is 5.32 Å². The van der Waals surface area contributed by atoms with Crippen LogP contribution in [0.2, 0.25) is 0 Å². The van der Waals surface area contributed by atoms with E-state index in [2.05, 4.69) is 11.0 Å². The van der Waals surface area contributed by atoms with E-state index in [4.69, 9.17) is 9.47 Å². The highest BCUT2D eigenvalue weighted by molar-refractivity contribution is 6.07. The topological polar surface area (TPSA) is 81.7 Å². The first-order valence-corrected chi connectivity index (χ1v) is 8.31. The maximum Gasteiger partial charge on any atom is 0.344 e. The third-order valence-electron chi connectivity index (χ3n) is 2.91. The number of nitrogens with one attached hydrogen (secondary N) is 1. The first-order chi connectivity index (χ1) is 11.6. The van der Waals surface area contributed by atoms with Crippen LogP contribution in [0.25, 0.3) is 0 Å². The standard InChI is InChI=1S/C19H29NO5/c1-7-24-16(22)19(20-15(3)21,17(23)25-8-2)14-12-10-9-11-13-18(4,5)6/h9-10,12-13H,7-8,14H2,1-6H3,(H,20,21)/b12-10+. The van der Waals surface area contributed by atoms with Crippen molar-refractivity contribution in [3.8, 4) is 0 Å². The minimum atomic E-state index is -1.89. The van der Waals surface area contributed by atoms with E-state index in [1.807, 2.05) is 26.8 Å². The number of esters is 2. The average Bonchev–Trinajstić information content (AvgIpc) is 2.48. The first-order valence-electron chi connectivity index (χ1n) is 8.31. The fourth-order valence-electron chi connectivity index (χ4n) is 1.88.